The molecule has 1 N–H and O–H groups in total. The van der Waals surface area contributed by atoms with E-state index in [0.29, 0.717) is 18.0 Å². The number of nitrogens with zero attached hydrogens (tertiary/aromatic N) is 1. The molecule has 1 aromatic heterocycles. The minimum atomic E-state index is -0.0568. The van der Waals surface area contributed by atoms with Gasteiger partial charge in [0.1, 0.15) is 0 Å². The van der Waals surface area contributed by atoms with E-state index in [2.05, 4.69) is 24.1 Å². The van der Waals surface area contributed by atoms with Gasteiger partial charge in [-0.3, -0.25) is 9.59 Å². The fourth-order valence-corrected chi connectivity index (χ4v) is 3.35. The van der Waals surface area contributed by atoms with E-state index in [0.717, 1.165) is 17.0 Å². The molecule has 110 valence electrons. The van der Waals surface area contributed by atoms with Gasteiger partial charge in [0.25, 0.3) is 0 Å². The van der Waals surface area contributed by atoms with E-state index in [1.54, 1.807) is 0 Å². The first-order chi connectivity index (χ1) is 9.06. The van der Waals surface area contributed by atoms with Crippen LogP contribution in [0.4, 0.5) is 5.13 Å². The van der Waals surface area contributed by atoms with Crippen LogP contribution in [0, 0.1) is 10.8 Å². The van der Waals surface area contributed by atoms with Gasteiger partial charge in [0, 0.05) is 12.8 Å². The van der Waals surface area contributed by atoms with Crippen LogP contribution in [0.25, 0.3) is 0 Å². The van der Waals surface area contributed by atoms with Crippen molar-refractivity contribution in [2.45, 2.75) is 53.9 Å². The molecule has 0 radical (unpaired) electrons. The summed E-state index contributed by atoms with van der Waals surface area (Å²) >= 11 is 1.31. The molecule has 0 saturated heterocycles. The summed E-state index contributed by atoms with van der Waals surface area (Å²) in [5.41, 5.74) is 0.742. The van der Waals surface area contributed by atoms with Crippen LogP contribution >= 0.6 is 11.3 Å². The summed E-state index contributed by atoms with van der Waals surface area (Å²) in [5, 5.41) is 3.37. The van der Waals surface area contributed by atoms with Crippen LogP contribution < -0.4 is 5.32 Å². The number of hydrogen-bond donors (Lipinski definition) is 1. The van der Waals surface area contributed by atoms with Crippen LogP contribution in [0.5, 0.6) is 0 Å². The van der Waals surface area contributed by atoms with E-state index in [-0.39, 0.29) is 22.5 Å². The van der Waals surface area contributed by atoms with E-state index >= 15 is 0 Å². The van der Waals surface area contributed by atoms with Crippen LogP contribution in [-0.4, -0.2) is 16.7 Å². The van der Waals surface area contributed by atoms with Crippen molar-refractivity contribution in [1.82, 2.24) is 4.98 Å². The number of fused-ring (bicyclic) bond motifs is 1. The SMILES string of the molecule is CC(C)(C)CC(=O)Nc1nc2c(s1)C(=O)CC(C)(C)C2. The van der Waals surface area contributed by atoms with Crippen molar-refractivity contribution in [3.05, 3.63) is 10.6 Å². The molecule has 0 bridgehead atoms. The molecule has 1 aliphatic rings. The van der Waals surface area contributed by atoms with Gasteiger partial charge in [0.15, 0.2) is 10.9 Å². The molecule has 0 aliphatic heterocycles. The summed E-state index contributed by atoms with van der Waals surface area (Å²) < 4.78 is 0. The van der Waals surface area contributed by atoms with Crippen molar-refractivity contribution < 1.29 is 9.59 Å². The highest BCUT2D eigenvalue weighted by molar-refractivity contribution is 7.17. The third-order valence-electron chi connectivity index (χ3n) is 3.17. The number of ketones is 1. The number of carbonyl (C=O) groups excluding carboxylic acids is 2. The number of nitrogens with one attached hydrogen (secondary N) is 1. The maximum absolute atomic E-state index is 12.1. The van der Waals surface area contributed by atoms with Crippen LogP contribution in [-0.2, 0) is 11.2 Å². The predicted molar refractivity (Wildman–Crippen MR) is 81.2 cm³/mol. The van der Waals surface area contributed by atoms with Crippen molar-refractivity contribution in [3.8, 4) is 0 Å². The van der Waals surface area contributed by atoms with Gasteiger partial charge in [-0.05, 0) is 17.3 Å². The molecule has 2 rings (SSSR count). The van der Waals surface area contributed by atoms with Crippen LogP contribution in [0.15, 0.2) is 0 Å². The second-order valence-electron chi connectivity index (χ2n) is 7.52. The Balaban J connectivity index is 2.13. The van der Waals surface area contributed by atoms with E-state index in [9.17, 15) is 9.59 Å². The van der Waals surface area contributed by atoms with Gasteiger partial charge in [-0.2, -0.15) is 0 Å². The first-order valence-electron chi connectivity index (χ1n) is 6.89. The summed E-state index contributed by atoms with van der Waals surface area (Å²) in [6.45, 7) is 10.2. The van der Waals surface area contributed by atoms with Gasteiger partial charge in [-0.15, -0.1) is 0 Å². The van der Waals surface area contributed by atoms with Crippen molar-refractivity contribution >= 4 is 28.2 Å². The monoisotopic (exact) mass is 294 g/mol. The van der Waals surface area contributed by atoms with Gasteiger partial charge in [-0.25, -0.2) is 4.98 Å². The topological polar surface area (TPSA) is 59.1 Å². The zero-order chi connectivity index (χ0) is 15.1. The van der Waals surface area contributed by atoms with E-state index in [1.807, 2.05) is 20.8 Å². The second-order valence-corrected chi connectivity index (χ2v) is 8.52. The van der Waals surface area contributed by atoms with Gasteiger partial charge < -0.3 is 5.32 Å². The van der Waals surface area contributed by atoms with Crippen molar-refractivity contribution in [1.29, 1.82) is 0 Å². The second kappa shape index (κ2) is 4.95. The number of carbonyl (C=O) groups is 2. The number of hydrogen-bond acceptors (Lipinski definition) is 4. The third kappa shape index (κ3) is 3.66. The molecule has 0 unspecified atom stereocenters. The Kier molecular flexibility index (Phi) is 3.75. The lowest BCUT2D eigenvalue weighted by molar-refractivity contribution is -0.117. The summed E-state index contributed by atoms with van der Waals surface area (Å²) in [6.07, 6.45) is 1.79. The van der Waals surface area contributed by atoms with Crippen molar-refractivity contribution in [2.24, 2.45) is 10.8 Å². The standard InChI is InChI=1S/C15H22N2O2S/c1-14(2,3)8-11(19)17-13-16-9-6-15(4,5)7-10(18)12(9)20-13/h6-8H2,1-5H3,(H,16,17,19). The highest BCUT2D eigenvalue weighted by Gasteiger charge is 2.34. The highest BCUT2D eigenvalue weighted by atomic mass is 32.1. The van der Waals surface area contributed by atoms with Crippen LogP contribution in [0.3, 0.4) is 0 Å². The molecule has 1 aliphatic carbocycles. The number of Topliss-reactive ketones (excluding diaryl/α,β-unsaturated/α-hetero) is 1. The largest absolute Gasteiger partial charge is 0.302 e. The average Bonchev–Trinajstić information content (AvgIpc) is 2.54. The lowest BCUT2D eigenvalue weighted by atomic mass is 9.78. The summed E-state index contributed by atoms with van der Waals surface area (Å²) in [4.78, 5) is 29.2. The van der Waals surface area contributed by atoms with Gasteiger partial charge in [0.05, 0.1) is 10.6 Å². The number of amides is 1. The van der Waals surface area contributed by atoms with Crippen LogP contribution in [0.1, 0.15) is 62.8 Å². The number of rotatable bonds is 2. The minimum Gasteiger partial charge on any atom is -0.302 e. The third-order valence-corrected chi connectivity index (χ3v) is 4.23. The van der Waals surface area contributed by atoms with Gasteiger partial charge >= 0.3 is 0 Å². The van der Waals surface area contributed by atoms with E-state index in [4.69, 9.17) is 0 Å². The highest BCUT2D eigenvalue weighted by Crippen LogP contribution is 2.38. The van der Waals surface area contributed by atoms with Crippen molar-refractivity contribution in [2.75, 3.05) is 5.32 Å². The molecule has 0 saturated carbocycles. The minimum absolute atomic E-state index is 0.0369. The quantitative estimate of drug-likeness (QED) is 0.905. The first-order valence-corrected chi connectivity index (χ1v) is 7.70. The lowest BCUT2D eigenvalue weighted by Crippen LogP contribution is -2.26. The fourth-order valence-electron chi connectivity index (χ4n) is 2.42. The van der Waals surface area contributed by atoms with Gasteiger partial charge in [-0.1, -0.05) is 46.0 Å². The van der Waals surface area contributed by atoms with Crippen molar-refractivity contribution in [3.63, 3.8) is 0 Å². The lowest BCUT2D eigenvalue weighted by Gasteiger charge is -2.26. The van der Waals surface area contributed by atoms with E-state index in [1.165, 1.54) is 11.3 Å². The zero-order valence-electron chi connectivity index (χ0n) is 12.8. The maximum atomic E-state index is 12.1. The Morgan fingerprint density at radius 1 is 1.35 bits per heavy atom. The zero-order valence-corrected chi connectivity index (χ0v) is 13.6. The normalized spacial score (nSPS) is 17.8. The first kappa shape index (κ1) is 15.2. The Bertz CT molecular complexity index is 553. The number of thiazole rings is 1. The molecule has 1 aromatic rings. The molecule has 1 heterocycles. The van der Waals surface area contributed by atoms with Crippen LogP contribution in [0.2, 0.25) is 0 Å². The summed E-state index contributed by atoms with van der Waals surface area (Å²) in [5.74, 6) is 0.0976. The number of aromatic nitrogens is 1. The molecule has 0 aromatic carbocycles. The molecule has 4 nitrogen and oxygen atoms in total. The molecular weight excluding hydrogens is 272 g/mol. The summed E-state index contributed by atoms with van der Waals surface area (Å²) in [7, 11) is 0. The summed E-state index contributed by atoms with van der Waals surface area (Å²) in [6, 6.07) is 0. The Morgan fingerprint density at radius 3 is 2.60 bits per heavy atom. The average molecular weight is 294 g/mol. The smallest absolute Gasteiger partial charge is 0.226 e. The fraction of sp³-hybridized carbons (Fsp3) is 0.667. The predicted octanol–water partition coefficient (Wildman–Crippen LogP) is 3.67. The molecular formula is C15H22N2O2S. The number of anilines is 1. The van der Waals surface area contributed by atoms with E-state index < -0.39 is 0 Å². The molecule has 5 heteroatoms. The molecule has 0 fully saturated rings. The van der Waals surface area contributed by atoms with Gasteiger partial charge in [0.2, 0.25) is 5.91 Å². The maximum Gasteiger partial charge on any atom is 0.226 e. The Labute approximate surface area is 124 Å². The molecule has 0 spiro atoms. The Hall–Kier alpha value is -1.23. The Morgan fingerprint density at radius 2 is 2.00 bits per heavy atom. The molecule has 1 amide bonds. The molecule has 20 heavy (non-hydrogen) atoms. The molecule has 0 atom stereocenters.